The molecule has 3 atom stereocenters. The van der Waals surface area contributed by atoms with Crippen LogP contribution >= 0.6 is 11.6 Å². The molecule has 0 spiro atoms. The standard InChI is InChI=1S/C17H23ClN2O3/c1-17(2,3)23-16(21)20-12-5-4-11(8-12)14(20)10-22-15-9-19-7-6-13(15)18/h6-7,9,11-12,14H,4-5,8,10H2,1-3H3/t11-,12+,14+/m1/s1. The average Bonchev–Trinajstić information content (AvgIpc) is 3.05. The highest BCUT2D eigenvalue weighted by molar-refractivity contribution is 6.31. The number of hydrogen-bond acceptors (Lipinski definition) is 4. The predicted octanol–water partition coefficient (Wildman–Crippen LogP) is 3.90. The van der Waals surface area contributed by atoms with Gasteiger partial charge in [0.05, 0.1) is 17.3 Å². The highest BCUT2D eigenvalue weighted by Crippen LogP contribution is 2.43. The van der Waals surface area contributed by atoms with Gasteiger partial charge in [0, 0.05) is 12.2 Å². The highest BCUT2D eigenvalue weighted by Gasteiger charge is 2.49. The molecule has 2 heterocycles. The van der Waals surface area contributed by atoms with E-state index in [9.17, 15) is 4.79 Å². The third-order valence-corrected chi connectivity index (χ3v) is 4.80. The molecular formula is C17H23ClN2O3. The summed E-state index contributed by atoms with van der Waals surface area (Å²) in [5, 5.41) is 0.534. The summed E-state index contributed by atoms with van der Waals surface area (Å²) >= 11 is 6.10. The molecule has 0 aromatic carbocycles. The summed E-state index contributed by atoms with van der Waals surface area (Å²) in [6.45, 7) is 6.09. The molecule has 1 aromatic heterocycles. The largest absolute Gasteiger partial charge is 0.488 e. The van der Waals surface area contributed by atoms with Crippen LogP contribution in [0.3, 0.4) is 0 Å². The number of amides is 1. The molecule has 1 aromatic rings. The third kappa shape index (κ3) is 3.55. The van der Waals surface area contributed by atoms with E-state index in [0.717, 1.165) is 19.3 Å². The third-order valence-electron chi connectivity index (χ3n) is 4.49. The maximum absolute atomic E-state index is 12.5. The minimum atomic E-state index is -0.489. The lowest BCUT2D eigenvalue weighted by Gasteiger charge is -2.36. The zero-order valence-corrected chi connectivity index (χ0v) is 14.5. The van der Waals surface area contributed by atoms with Crippen LogP contribution in [-0.4, -0.2) is 40.3 Å². The second-order valence-electron chi connectivity index (χ2n) is 7.30. The van der Waals surface area contributed by atoms with Crippen LogP contribution in [0.4, 0.5) is 4.79 Å². The van der Waals surface area contributed by atoms with Crippen LogP contribution in [0.2, 0.25) is 5.02 Å². The van der Waals surface area contributed by atoms with Gasteiger partial charge in [-0.15, -0.1) is 0 Å². The van der Waals surface area contributed by atoms with E-state index < -0.39 is 5.60 Å². The Balaban J connectivity index is 1.69. The molecule has 2 bridgehead atoms. The van der Waals surface area contributed by atoms with Crippen molar-refractivity contribution in [1.82, 2.24) is 9.88 Å². The lowest BCUT2D eigenvalue weighted by atomic mass is 10.00. The Morgan fingerprint density at radius 2 is 2.22 bits per heavy atom. The summed E-state index contributed by atoms with van der Waals surface area (Å²) in [5.74, 6) is 1.03. The van der Waals surface area contributed by atoms with Gasteiger partial charge in [-0.2, -0.15) is 0 Å². The molecule has 1 saturated heterocycles. The fourth-order valence-electron chi connectivity index (χ4n) is 3.55. The molecule has 2 aliphatic rings. The number of ether oxygens (including phenoxy) is 2. The fourth-order valence-corrected chi connectivity index (χ4v) is 3.71. The van der Waals surface area contributed by atoms with Gasteiger partial charge in [-0.25, -0.2) is 4.79 Å². The fraction of sp³-hybridized carbons (Fsp3) is 0.647. The first-order chi connectivity index (χ1) is 10.8. The van der Waals surface area contributed by atoms with Crippen LogP contribution in [-0.2, 0) is 4.74 Å². The molecule has 2 fully saturated rings. The second-order valence-corrected chi connectivity index (χ2v) is 7.71. The first kappa shape index (κ1) is 16.4. The van der Waals surface area contributed by atoms with Crippen LogP contribution in [0, 0.1) is 5.92 Å². The summed E-state index contributed by atoms with van der Waals surface area (Å²) in [5.41, 5.74) is -0.489. The molecule has 1 amide bonds. The van der Waals surface area contributed by atoms with E-state index in [-0.39, 0.29) is 18.2 Å². The number of piperidine rings is 1. The molecule has 5 nitrogen and oxygen atoms in total. The van der Waals surface area contributed by atoms with Crippen LogP contribution in [0.1, 0.15) is 40.0 Å². The number of pyridine rings is 1. The van der Waals surface area contributed by atoms with Gasteiger partial charge < -0.3 is 9.47 Å². The normalized spacial score (nSPS) is 26.4. The summed E-state index contributed by atoms with van der Waals surface area (Å²) in [6, 6.07) is 2.01. The molecule has 1 saturated carbocycles. The van der Waals surface area contributed by atoms with E-state index in [1.807, 2.05) is 25.7 Å². The van der Waals surface area contributed by atoms with Crippen molar-refractivity contribution in [3.63, 3.8) is 0 Å². The molecule has 23 heavy (non-hydrogen) atoms. The summed E-state index contributed by atoms with van der Waals surface area (Å²) < 4.78 is 11.4. The first-order valence-corrected chi connectivity index (χ1v) is 8.46. The monoisotopic (exact) mass is 338 g/mol. The van der Waals surface area contributed by atoms with Gasteiger partial charge in [0.25, 0.3) is 0 Å². The highest BCUT2D eigenvalue weighted by atomic mass is 35.5. The van der Waals surface area contributed by atoms with Gasteiger partial charge in [-0.05, 0) is 52.0 Å². The minimum Gasteiger partial charge on any atom is -0.488 e. The minimum absolute atomic E-state index is 0.0415. The summed E-state index contributed by atoms with van der Waals surface area (Å²) in [7, 11) is 0. The maximum Gasteiger partial charge on any atom is 0.410 e. The van der Waals surface area contributed by atoms with Gasteiger partial charge in [-0.3, -0.25) is 9.88 Å². The molecule has 0 N–H and O–H groups in total. The Hall–Kier alpha value is -1.49. The second kappa shape index (κ2) is 6.19. The zero-order valence-electron chi connectivity index (χ0n) is 13.8. The Labute approximate surface area is 141 Å². The van der Waals surface area contributed by atoms with E-state index >= 15 is 0 Å². The van der Waals surface area contributed by atoms with Gasteiger partial charge in [0.2, 0.25) is 0 Å². The quantitative estimate of drug-likeness (QED) is 0.838. The van der Waals surface area contributed by atoms with Crippen LogP contribution in [0.25, 0.3) is 0 Å². The topological polar surface area (TPSA) is 51.7 Å². The number of likely N-dealkylation sites (tertiary alicyclic amines) is 1. The van der Waals surface area contributed by atoms with E-state index in [4.69, 9.17) is 21.1 Å². The number of halogens is 1. The Bertz CT molecular complexity index is 587. The number of rotatable bonds is 3. The Morgan fingerprint density at radius 3 is 2.91 bits per heavy atom. The summed E-state index contributed by atoms with van der Waals surface area (Å²) in [6.07, 6.45) is 6.21. The van der Waals surface area contributed by atoms with Crippen LogP contribution in [0.15, 0.2) is 18.5 Å². The molecular weight excluding hydrogens is 316 g/mol. The van der Waals surface area contributed by atoms with Crippen molar-refractivity contribution < 1.29 is 14.3 Å². The number of fused-ring (bicyclic) bond motifs is 2. The number of carbonyl (C=O) groups is 1. The van der Waals surface area contributed by atoms with Crippen LogP contribution in [0.5, 0.6) is 5.75 Å². The van der Waals surface area contributed by atoms with E-state index in [1.54, 1.807) is 18.5 Å². The van der Waals surface area contributed by atoms with E-state index in [2.05, 4.69) is 4.98 Å². The Morgan fingerprint density at radius 1 is 1.43 bits per heavy atom. The number of hydrogen-bond donors (Lipinski definition) is 0. The SMILES string of the molecule is CC(C)(C)OC(=O)N1[C@H]2CC[C@H](C2)[C@@H]1COc1cnccc1Cl. The van der Waals surface area contributed by atoms with Crippen molar-refractivity contribution in [2.45, 2.75) is 57.7 Å². The Kier molecular flexibility index (Phi) is 4.41. The van der Waals surface area contributed by atoms with Gasteiger partial charge >= 0.3 is 6.09 Å². The average molecular weight is 339 g/mol. The zero-order chi connectivity index (χ0) is 16.6. The van der Waals surface area contributed by atoms with Gasteiger partial charge in [-0.1, -0.05) is 11.6 Å². The number of aromatic nitrogens is 1. The molecule has 0 radical (unpaired) electrons. The van der Waals surface area contributed by atoms with Crippen molar-refractivity contribution in [2.75, 3.05) is 6.61 Å². The van der Waals surface area contributed by atoms with Crippen molar-refractivity contribution in [3.05, 3.63) is 23.5 Å². The van der Waals surface area contributed by atoms with Crippen molar-refractivity contribution in [1.29, 1.82) is 0 Å². The summed E-state index contributed by atoms with van der Waals surface area (Å²) in [4.78, 5) is 18.5. The number of nitrogens with zero attached hydrogens (tertiary/aromatic N) is 2. The molecule has 3 rings (SSSR count). The van der Waals surface area contributed by atoms with E-state index in [0.29, 0.717) is 23.3 Å². The lowest BCUT2D eigenvalue weighted by Crippen LogP contribution is -2.49. The molecule has 1 aliphatic heterocycles. The maximum atomic E-state index is 12.5. The molecule has 6 heteroatoms. The lowest BCUT2D eigenvalue weighted by molar-refractivity contribution is 0.00132. The van der Waals surface area contributed by atoms with Crippen molar-refractivity contribution >= 4 is 17.7 Å². The molecule has 0 unspecified atom stereocenters. The number of carbonyl (C=O) groups excluding carboxylic acids is 1. The van der Waals surface area contributed by atoms with Gasteiger partial charge in [0.15, 0.2) is 5.75 Å². The van der Waals surface area contributed by atoms with Crippen LogP contribution < -0.4 is 4.74 Å². The van der Waals surface area contributed by atoms with E-state index in [1.165, 1.54) is 0 Å². The van der Waals surface area contributed by atoms with Crippen molar-refractivity contribution in [3.8, 4) is 5.75 Å². The van der Waals surface area contributed by atoms with Gasteiger partial charge in [0.1, 0.15) is 12.2 Å². The predicted molar refractivity (Wildman–Crippen MR) is 87.7 cm³/mol. The van der Waals surface area contributed by atoms with Crippen molar-refractivity contribution in [2.24, 2.45) is 5.92 Å². The molecule has 1 aliphatic carbocycles. The smallest absolute Gasteiger partial charge is 0.410 e. The first-order valence-electron chi connectivity index (χ1n) is 8.09. The molecule has 126 valence electrons.